The zero-order valence-electron chi connectivity index (χ0n) is 10.6. The molecule has 0 aliphatic rings. The molecule has 0 saturated carbocycles. The predicted molar refractivity (Wildman–Crippen MR) is 69.2 cm³/mol. The number of benzene rings is 1. The Morgan fingerprint density at radius 1 is 1.30 bits per heavy atom. The van der Waals surface area contributed by atoms with E-state index >= 15 is 0 Å². The van der Waals surface area contributed by atoms with Gasteiger partial charge in [0.05, 0.1) is 9.37 Å². The Bertz CT molecular complexity index is 587. The van der Waals surface area contributed by atoms with Crippen LogP contribution < -0.4 is 0 Å². The summed E-state index contributed by atoms with van der Waals surface area (Å²) in [6.07, 6.45) is -4.68. The molecule has 0 saturated heterocycles. The van der Waals surface area contributed by atoms with Crippen LogP contribution >= 0.6 is 15.9 Å². The standard InChI is InChI=1S/C11H12BrF4NO2S/c1-7(2)17(6-11(14,15)16)20(18,19)8-3-4-9(12)10(13)5-8/h3-5,7H,6H2,1-2H3. The Morgan fingerprint density at radius 2 is 1.85 bits per heavy atom. The lowest BCUT2D eigenvalue weighted by Gasteiger charge is -2.26. The van der Waals surface area contributed by atoms with Crippen molar-refractivity contribution in [3.05, 3.63) is 28.5 Å². The zero-order valence-corrected chi connectivity index (χ0v) is 13.0. The number of sulfonamides is 1. The fourth-order valence-corrected chi connectivity index (χ4v) is 3.38. The fourth-order valence-electron chi connectivity index (χ4n) is 1.49. The van der Waals surface area contributed by atoms with E-state index in [0.717, 1.165) is 12.1 Å². The van der Waals surface area contributed by atoms with E-state index in [1.807, 2.05) is 0 Å². The molecule has 0 bridgehead atoms. The molecular formula is C11H12BrF4NO2S. The molecule has 1 rings (SSSR count). The van der Waals surface area contributed by atoms with E-state index in [1.54, 1.807) is 0 Å². The molecule has 9 heteroatoms. The summed E-state index contributed by atoms with van der Waals surface area (Å²) < 4.78 is 75.4. The van der Waals surface area contributed by atoms with Gasteiger partial charge in [0, 0.05) is 6.04 Å². The number of hydrogen-bond donors (Lipinski definition) is 0. The first-order chi connectivity index (χ1) is 8.95. The van der Waals surface area contributed by atoms with E-state index in [4.69, 9.17) is 0 Å². The van der Waals surface area contributed by atoms with E-state index in [2.05, 4.69) is 15.9 Å². The van der Waals surface area contributed by atoms with Crippen molar-refractivity contribution in [3.8, 4) is 0 Å². The first-order valence-electron chi connectivity index (χ1n) is 5.49. The van der Waals surface area contributed by atoms with Gasteiger partial charge in [-0.05, 0) is 48.0 Å². The van der Waals surface area contributed by atoms with Crippen LogP contribution in [0.4, 0.5) is 17.6 Å². The third kappa shape index (κ3) is 4.16. The molecule has 0 N–H and O–H groups in total. The van der Waals surface area contributed by atoms with Gasteiger partial charge in [0.25, 0.3) is 0 Å². The Kier molecular flexibility index (Phi) is 5.20. The highest BCUT2D eigenvalue weighted by atomic mass is 79.9. The average molecular weight is 378 g/mol. The molecule has 0 aliphatic carbocycles. The van der Waals surface area contributed by atoms with Crippen LogP contribution in [0.3, 0.4) is 0 Å². The van der Waals surface area contributed by atoms with Gasteiger partial charge < -0.3 is 0 Å². The van der Waals surface area contributed by atoms with E-state index in [-0.39, 0.29) is 8.78 Å². The Hall–Kier alpha value is -0.670. The summed E-state index contributed by atoms with van der Waals surface area (Å²) in [4.78, 5) is -0.517. The van der Waals surface area contributed by atoms with E-state index in [1.165, 1.54) is 13.8 Å². The van der Waals surface area contributed by atoms with Crippen LogP contribution in [0.2, 0.25) is 0 Å². The van der Waals surface area contributed by atoms with Gasteiger partial charge in [-0.15, -0.1) is 0 Å². The third-order valence-corrected chi connectivity index (χ3v) is 5.07. The fraction of sp³-hybridized carbons (Fsp3) is 0.455. The van der Waals surface area contributed by atoms with Gasteiger partial charge in [0.15, 0.2) is 0 Å². The maximum absolute atomic E-state index is 13.4. The molecule has 0 amide bonds. The molecule has 0 atom stereocenters. The van der Waals surface area contributed by atoms with Crippen molar-refractivity contribution in [2.75, 3.05) is 6.54 Å². The minimum absolute atomic E-state index is 0.0309. The molecule has 20 heavy (non-hydrogen) atoms. The van der Waals surface area contributed by atoms with E-state index < -0.39 is 39.5 Å². The molecule has 0 heterocycles. The SMILES string of the molecule is CC(C)N(CC(F)(F)F)S(=O)(=O)c1ccc(Br)c(F)c1. The molecule has 0 aliphatic heterocycles. The van der Waals surface area contributed by atoms with Gasteiger partial charge in [-0.2, -0.15) is 17.5 Å². The summed E-state index contributed by atoms with van der Waals surface area (Å²) in [6, 6.07) is 1.96. The Labute approximate surface area is 122 Å². The summed E-state index contributed by atoms with van der Waals surface area (Å²) in [7, 11) is -4.42. The molecule has 0 aromatic heterocycles. The highest BCUT2D eigenvalue weighted by Gasteiger charge is 2.38. The van der Waals surface area contributed by atoms with Crippen LogP contribution in [0.15, 0.2) is 27.6 Å². The van der Waals surface area contributed by atoms with Crippen molar-refractivity contribution < 1.29 is 26.0 Å². The first-order valence-corrected chi connectivity index (χ1v) is 7.72. The topological polar surface area (TPSA) is 37.4 Å². The molecule has 1 aromatic rings. The molecule has 114 valence electrons. The lowest BCUT2D eigenvalue weighted by Crippen LogP contribution is -2.43. The van der Waals surface area contributed by atoms with Crippen LogP contribution in [-0.4, -0.2) is 31.5 Å². The second-order valence-corrected chi connectivity index (χ2v) is 7.08. The number of nitrogens with zero attached hydrogens (tertiary/aromatic N) is 1. The maximum atomic E-state index is 13.4. The quantitative estimate of drug-likeness (QED) is 0.752. The van der Waals surface area contributed by atoms with Crippen molar-refractivity contribution in [1.82, 2.24) is 4.31 Å². The highest BCUT2D eigenvalue weighted by molar-refractivity contribution is 9.10. The monoisotopic (exact) mass is 377 g/mol. The zero-order chi connectivity index (χ0) is 15.7. The van der Waals surface area contributed by atoms with Gasteiger partial charge in [-0.1, -0.05) is 0 Å². The minimum atomic E-state index is -4.68. The summed E-state index contributed by atoms with van der Waals surface area (Å²) in [5.41, 5.74) is 0. The molecule has 1 aromatic carbocycles. The summed E-state index contributed by atoms with van der Waals surface area (Å²) in [5, 5.41) is 0. The van der Waals surface area contributed by atoms with Gasteiger partial charge in [-0.25, -0.2) is 12.8 Å². The van der Waals surface area contributed by atoms with Crippen molar-refractivity contribution >= 4 is 26.0 Å². The average Bonchev–Trinajstić information content (AvgIpc) is 2.28. The Morgan fingerprint density at radius 3 is 2.25 bits per heavy atom. The van der Waals surface area contributed by atoms with Crippen LogP contribution in [0, 0.1) is 5.82 Å². The van der Waals surface area contributed by atoms with Crippen LogP contribution in [0.1, 0.15) is 13.8 Å². The van der Waals surface area contributed by atoms with Crippen LogP contribution in [-0.2, 0) is 10.0 Å². The molecule has 3 nitrogen and oxygen atoms in total. The third-order valence-electron chi connectivity index (χ3n) is 2.41. The molecule has 0 spiro atoms. The second-order valence-electron chi connectivity index (χ2n) is 4.34. The van der Waals surface area contributed by atoms with Gasteiger partial charge in [-0.3, -0.25) is 0 Å². The number of alkyl halides is 3. The number of halogens is 5. The normalized spacial score (nSPS) is 13.2. The summed E-state index contributed by atoms with van der Waals surface area (Å²) in [6.45, 7) is 1.02. The van der Waals surface area contributed by atoms with Gasteiger partial charge >= 0.3 is 6.18 Å². The van der Waals surface area contributed by atoms with Crippen LogP contribution in [0.5, 0.6) is 0 Å². The second kappa shape index (κ2) is 5.98. The summed E-state index contributed by atoms with van der Waals surface area (Å²) in [5.74, 6) is -0.859. The van der Waals surface area contributed by atoms with Crippen molar-refractivity contribution in [2.45, 2.75) is 31.0 Å². The van der Waals surface area contributed by atoms with Gasteiger partial charge in [0.1, 0.15) is 12.4 Å². The lowest BCUT2D eigenvalue weighted by atomic mass is 10.3. The minimum Gasteiger partial charge on any atom is -0.207 e. The molecule has 0 fully saturated rings. The predicted octanol–water partition coefficient (Wildman–Crippen LogP) is 3.55. The highest BCUT2D eigenvalue weighted by Crippen LogP contribution is 2.26. The largest absolute Gasteiger partial charge is 0.402 e. The van der Waals surface area contributed by atoms with E-state index in [0.29, 0.717) is 6.07 Å². The molecular weight excluding hydrogens is 366 g/mol. The van der Waals surface area contributed by atoms with Crippen molar-refractivity contribution in [2.24, 2.45) is 0 Å². The van der Waals surface area contributed by atoms with Crippen molar-refractivity contribution in [3.63, 3.8) is 0 Å². The van der Waals surface area contributed by atoms with E-state index in [9.17, 15) is 26.0 Å². The van der Waals surface area contributed by atoms with Gasteiger partial charge in [0.2, 0.25) is 10.0 Å². The smallest absolute Gasteiger partial charge is 0.207 e. The number of hydrogen-bond acceptors (Lipinski definition) is 2. The first kappa shape index (κ1) is 17.4. The molecule has 0 radical (unpaired) electrons. The van der Waals surface area contributed by atoms with Crippen LogP contribution in [0.25, 0.3) is 0 Å². The molecule has 0 unspecified atom stereocenters. The Balaban J connectivity index is 3.26. The summed E-state index contributed by atoms with van der Waals surface area (Å²) >= 11 is 2.85. The van der Waals surface area contributed by atoms with Crippen molar-refractivity contribution in [1.29, 1.82) is 0 Å². The lowest BCUT2D eigenvalue weighted by molar-refractivity contribution is -0.138. The maximum Gasteiger partial charge on any atom is 0.402 e. The number of rotatable bonds is 4.